The molecule has 1 N–H and O–H groups in total. The van der Waals surface area contributed by atoms with E-state index in [9.17, 15) is 0 Å². The van der Waals surface area contributed by atoms with E-state index < -0.39 is 0 Å². The summed E-state index contributed by atoms with van der Waals surface area (Å²) in [5, 5.41) is 5.69. The van der Waals surface area contributed by atoms with Gasteiger partial charge in [0.05, 0.1) is 4.21 Å². The van der Waals surface area contributed by atoms with E-state index >= 15 is 0 Å². The predicted octanol–water partition coefficient (Wildman–Crippen LogP) is 4.61. The molecule has 4 heteroatoms. The Morgan fingerprint density at radius 2 is 1.77 bits per heavy atom. The first-order valence-corrected chi connectivity index (χ1v) is 9.54. The van der Waals surface area contributed by atoms with Gasteiger partial charge in [0.2, 0.25) is 0 Å². The molecule has 0 bridgehead atoms. The Bertz CT molecular complexity index is 605. The van der Waals surface area contributed by atoms with Gasteiger partial charge in [-0.15, -0.1) is 11.3 Å². The number of piperazine rings is 1. The average molecular weight is 333 g/mol. The van der Waals surface area contributed by atoms with Gasteiger partial charge in [-0.1, -0.05) is 44.7 Å². The Morgan fingerprint density at radius 1 is 1.09 bits per heavy atom. The Labute approximate surface area is 141 Å². The SMILES string of the molecule is CC(C)(C)c1ccc(Sc2cc(N3CCNCC3)cs2)cc1. The Balaban J connectivity index is 1.67. The van der Waals surface area contributed by atoms with Crippen LogP contribution >= 0.6 is 23.1 Å². The number of nitrogens with zero attached hydrogens (tertiary/aromatic N) is 1. The van der Waals surface area contributed by atoms with Crippen molar-refractivity contribution in [2.45, 2.75) is 35.3 Å². The summed E-state index contributed by atoms with van der Waals surface area (Å²) in [6.45, 7) is 11.2. The molecule has 0 unspecified atom stereocenters. The lowest BCUT2D eigenvalue weighted by Gasteiger charge is -2.28. The number of rotatable bonds is 3. The summed E-state index contributed by atoms with van der Waals surface area (Å²) in [5.41, 5.74) is 2.99. The van der Waals surface area contributed by atoms with Gasteiger partial charge in [-0.2, -0.15) is 0 Å². The van der Waals surface area contributed by atoms with Gasteiger partial charge in [0.1, 0.15) is 0 Å². The van der Waals surface area contributed by atoms with Crippen molar-refractivity contribution in [1.29, 1.82) is 0 Å². The normalized spacial score (nSPS) is 16.0. The van der Waals surface area contributed by atoms with Gasteiger partial charge in [-0.25, -0.2) is 0 Å². The molecule has 2 heterocycles. The van der Waals surface area contributed by atoms with E-state index in [1.165, 1.54) is 20.4 Å². The monoisotopic (exact) mass is 332 g/mol. The maximum Gasteiger partial charge on any atom is 0.0667 e. The largest absolute Gasteiger partial charge is 0.368 e. The van der Waals surface area contributed by atoms with Crippen LogP contribution in [0.25, 0.3) is 0 Å². The van der Waals surface area contributed by atoms with Crippen molar-refractivity contribution in [3.63, 3.8) is 0 Å². The fourth-order valence-corrected chi connectivity index (χ4v) is 4.54. The minimum Gasteiger partial charge on any atom is -0.368 e. The van der Waals surface area contributed by atoms with Gasteiger partial charge >= 0.3 is 0 Å². The Morgan fingerprint density at radius 3 is 2.41 bits per heavy atom. The second kappa shape index (κ2) is 6.65. The number of hydrogen-bond donors (Lipinski definition) is 1. The molecule has 1 saturated heterocycles. The third kappa shape index (κ3) is 3.86. The average Bonchev–Trinajstić information content (AvgIpc) is 2.96. The van der Waals surface area contributed by atoms with Gasteiger partial charge in [-0.3, -0.25) is 0 Å². The van der Waals surface area contributed by atoms with Crippen molar-refractivity contribution >= 4 is 28.8 Å². The lowest BCUT2D eigenvalue weighted by Crippen LogP contribution is -2.43. The molecule has 2 nitrogen and oxygen atoms in total. The lowest BCUT2D eigenvalue weighted by atomic mass is 9.87. The minimum atomic E-state index is 0.224. The molecule has 0 aliphatic carbocycles. The van der Waals surface area contributed by atoms with E-state index in [1.807, 2.05) is 23.1 Å². The van der Waals surface area contributed by atoms with E-state index in [4.69, 9.17) is 0 Å². The fourth-order valence-electron chi connectivity index (χ4n) is 2.59. The van der Waals surface area contributed by atoms with Crippen molar-refractivity contribution in [2.24, 2.45) is 0 Å². The molecular formula is C18H24N2S2. The van der Waals surface area contributed by atoms with Gasteiger partial charge in [0, 0.05) is 42.1 Å². The highest BCUT2D eigenvalue weighted by Crippen LogP contribution is 2.36. The van der Waals surface area contributed by atoms with Crippen LogP contribution in [0.15, 0.2) is 44.8 Å². The quantitative estimate of drug-likeness (QED) is 0.884. The summed E-state index contributed by atoms with van der Waals surface area (Å²) in [6, 6.07) is 11.3. The molecular weight excluding hydrogens is 308 g/mol. The molecule has 22 heavy (non-hydrogen) atoms. The van der Waals surface area contributed by atoms with Crippen LogP contribution in [0.4, 0.5) is 5.69 Å². The summed E-state index contributed by atoms with van der Waals surface area (Å²) in [4.78, 5) is 3.79. The third-order valence-corrected chi connectivity index (χ3v) is 6.06. The zero-order chi connectivity index (χ0) is 15.6. The van der Waals surface area contributed by atoms with E-state index in [0.29, 0.717) is 0 Å². The summed E-state index contributed by atoms with van der Waals surface area (Å²) < 4.78 is 1.37. The Kier molecular flexibility index (Phi) is 4.81. The second-order valence-corrected chi connectivity index (χ2v) is 9.02. The highest BCUT2D eigenvalue weighted by Gasteiger charge is 2.14. The lowest BCUT2D eigenvalue weighted by molar-refractivity contribution is 0.589. The van der Waals surface area contributed by atoms with Crippen LogP contribution in [0.3, 0.4) is 0 Å². The second-order valence-electron chi connectivity index (χ2n) is 6.74. The Hall–Kier alpha value is -0.970. The van der Waals surface area contributed by atoms with Crippen molar-refractivity contribution in [1.82, 2.24) is 5.32 Å². The molecule has 3 rings (SSSR count). The van der Waals surface area contributed by atoms with Crippen LogP contribution < -0.4 is 10.2 Å². The van der Waals surface area contributed by atoms with Gasteiger partial charge in [-0.05, 0) is 29.2 Å². The van der Waals surface area contributed by atoms with E-state index in [0.717, 1.165) is 26.2 Å². The zero-order valence-corrected chi connectivity index (χ0v) is 15.2. The smallest absolute Gasteiger partial charge is 0.0667 e. The number of thiophene rings is 1. The highest BCUT2D eigenvalue weighted by atomic mass is 32.2. The van der Waals surface area contributed by atoms with Crippen molar-refractivity contribution in [3.05, 3.63) is 41.3 Å². The molecule has 1 aliphatic rings. The molecule has 1 aromatic carbocycles. The topological polar surface area (TPSA) is 15.3 Å². The molecule has 1 aliphatic heterocycles. The molecule has 1 aromatic heterocycles. The van der Waals surface area contributed by atoms with Gasteiger partial charge in [0.15, 0.2) is 0 Å². The highest BCUT2D eigenvalue weighted by molar-refractivity contribution is 8.01. The first-order chi connectivity index (χ1) is 10.5. The molecule has 2 aromatic rings. The molecule has 0 spiro atoms. The summed E-state index contributed by atoms with van der Waals surface area (Å²) >= 11 is 3.72. The van der Waals surface area contributed by atoms with Gasteiger partial charge < -0.3 is 10.2 Å². The number of benzene rings is 1. The molecule has 0 amide bonds. The summed E-state index contributed by atoms with van der Waals surface area (Å²) in [7, 11) is 0. The number of hydrogen-bond acceptors (Lipinski definition) is 4. The first kappa shape index (κ1) is 15.9. The number of anilines is 1. The van der Waals surface area contributed by atoms with Crippen LogP contribution in [0.1, 0.15) is 26.3 Å². The molecule has 118 valence electrons. The van der Waals surface area contributed by atoms with Crippen LogP contribution in [-0.2, 0) is 5.41 Å². The molecule has 0 radical (unpaired) electrons. The summed E-state index contributed by atoms with van der Waals surface area (Å²) in [5.74, 6) is 0. The van der Waals surface area contributed by atoms with Crippen LogP contribution in [0, 0.1) is 0 Å². The van der Waals surface area contributed by atoms with Crippen molar-refractivity contribution in [3.8, 4) is 0 Å². The third-order valence-electron chi connectivity index (χ3n) is 3.98. The van der Waals surface area contributed by atoms with E-state index in [2.05, 4.69) is 66.7 Å². The predicted molar refractivity (Wildman–Crippen MR) is 98.7 cm³/mol. The van der Waals surface area contributed by atoms with Crippen LogP contribution in [-0.4, -0.2) is 26.2 Å². The summed E-state index contributed by atoms with van der Waals surface area (Å²) in [6.07, 6.45) is 0. The van der Waals surface area contributed by atoms with Crippen LogP contribution in [0.2, 0.25) is 0 Å². The molecule has 1 fully saturated rings. The number of nitrogens with one attached hydrogen (secondary N) is 1. The van der Waals surface area contributed by atoms with Crippen LogP contribution in [0.5, 0.6) is 0 Å². The maximum atomic E-state index is 3.41. The molecule has 0 atom stereocenters. The zero-order valence-electron chi connectivity index (χ0n) is 13.6. The van der Waals surface area contributed by atoms with Crippen molar-refractivity contribution in [2.75, 3.05) is 31.1 Å². The maximum absolute atomic E-state index is 3.41. The van der Waals surface area contributed by atoms with Crippen molar-refractivity contribution < 1.29 is 0 Å². The van der Waals surface area contributed by atoms with E-state index in [-0.39, 0.29) is 5.41 Å². The standard InChI is InChI=1S/C18H24N2S2/c1-18(2,3)14-4-6-16(7-5-14)22-17-12-15(13-21-17)20-10-8-19-9-11-20/h4-7,12-13,19H,8-11H2,1-3H3. The fraction of sp³-hybridized carbons (Fsp3) is 0.444. The molecule has 0 saturated carbocycles. The van der Waals surface area contributed by atoms with Gasteiger partial charge in [0.25, 0.3) is 0 Å². The van der Waals surface area contributed by atoms with E-state index in [1.54, 1.807) is 0 Å². The first-order valence-electron chi connectivity index (χ1n) is 7.85. The minimum absolute atomic E-state index is 0.224.